The molecule has 1 aromatic rings. The van der Waals surface area contributed by atoms with Crippen LogP contribution < -0.4 is 10.1 Å². The molecule has 0 unspecified atom stereocenters. The van der Waals surface area contributed by atoms with Gasteiger partial charge in [0, 0.05) is 6.54 Å². The molecule has 1 aromatic carbocycles. The second-order valence-electron chi connectivity index (χ2n) is 5.51. The van der Waals surface area contributed by atoms with Gasteiger partial charge in [0.1, 0.15) is 0 Å². The molecule has 0 bridgehead atoms. The summed E-state index contributed by atoms with van der Waals surface area (Å²) in [7, 11) is 2.03. The molecule has 1 fully saturated rings. The predicted octanol–water partition coefficient (Wildman–Crippen LogP) is 2.22. The summed E-state index contributed by atoms with van der Waals surface area (Å²) >= 11 is 0. The molecule has 0 atom stereocenters. The van der Waals surface area contributed by atoms with E-state index in [4.69, 9.17) is 4.74 Å². The minimum atomic E-state index is 0.225. The number of phenols is 1. The summed E-state index contributed by atoms with van der Waals surface area (Å²) in [6.07, 6.45) is 2.52. The Morgan fingerprint density at radius 3 is 2.75 bits per heavy atom. The first kappa shape index (κ1) is 15.1. The van der Waals surface area contributed by atoms with E-state index in [1.54, 1.807) is 6.07 Å². The summed E-state index contributed by atoms with van der Waals surface area (Å²) in [5, 5.41) is 13.0. The molecular formula is C16H26N2O2. The number of hydrogen-bond donors (Lipinski definition) is 2. The van der Waals surface area contributed by atoms with Gasteiger partial charge in [0.25, 0.3) is 0 Å². The van der Waals surface area contributed by atoms with Crippen LogP contribution in [0.1, 0.15) is 25.3 Å². The third kappa shape index (κ3) is 4.12. The van der Waals surface area contributed by atoms with Crippen LogP contribution in [0.5, 0.6) is 11.5 Å². The van der Waals surface area contributed by atoms with Crippen LogP contribution >= 0.6 is 0 Å². The number of ether oxygens (including phenoxy) is 1. The van der Waals surface area contributed by atoms with E-state index in [0.717, 1.165) is 32.1 Å². The van der Waals surface area contributed by atoms with E-state index in [9.17, 15) is 5.11 Å². The molecule has 2 rings (SSSR count). The van der Waals surface area contributed by atoms with Gasteiger partial charge in [0.05, 0.1) is 6.61 Å². The number of benzene rings is 1. The molecule has 1 heterocycles. The number of hydrogen-bond acceptors (Lipinski definition) is 4. The van der Waals surface area contributed by atoms with Gasteiger partial charge < -0.3 is 15.2 Å². The molecule has 0 aliphatic carbocycles. The number of aromatic hydroxyl groups is 1. The first-order chi connectivity index (χ1) is 9.72. The summed E-state index contributed by atoms with van der Waals surface area (Å²) in [6, 6.07) is 5.67. The Balaban J connectivity index is 1.89. The van der Waals surface area contributed by atoms with Gasteiger partial charge in [-0.25, -0.2) is 0 Å². The van der Waals surface area contributed by atoms with Crippen molar-refractivity contribution in [3.63, 3.8) is 0 Å². The van der Waals surface area contributed by atoms with Gasteiger partial charge in [0.2, 0.25) is 0 Å². The predicted molar refractivity (Wildman–Crippen MR) is 81.2 cm³/mol. The van der Waals surface area contributed by atoms with Crippen molar-refractivity contribution in [3.8, 4) is 11.5 Å². The van der Waals surface area contributed by atoms with Crippen molar-refractivity contribution >= 4 is 0 Å². The third-order valence-electron chi connectivity index (χ3n) is 3.93. The zero-order chi connectivity index (χ0) is 14.4. The quantitative estimate of drug-likeness (QED) is 0.837. The van der Waals surface area contributed by atoms with Gasteiger partial charge in [-0.1, -0.05) is 6.07 Å². The normalized spacial score (nSPS) is 17.3. The monoisotopic (exact) mass is 278 g/mol. The molecule has 1 aliphatic rings. The van der Waals surface area contributed by atoms with E-state index in [-0.39, 0.29) is 5.75 Å². The topological polar surface area (TPSA) is 44.7 Å². The molecule has 0 saturated carbocycles. The van der Waals surface area contributed by atoms with Crippen molar-refractivity contribution in [1.29, 1.82) is 0 Å². The Morgan fingerprint density at radius 2 is 2.10 bits per heavy atom. The van der Waals surface area contributed by atoms with Gasteiger partial charge in [-0.2, -0.15) is 0 Å². The first-order valence-corrected chi connectivity index (χ1v) is 7.54. The van der Waals surface area contributed by atoms with Crippen molar-refractivity contribution in [2.45, 2.75) is 26.3 Å². The number of phenolic OH excluding ortho intramolecular Hbond substituents is 1. The third-order valence-corrected chi connectivity index (χ3v) is 3.93. The molecule has 4 nitrogen and oxygen atoms in total. The van der Waals surface area contributed by atoms with Crippen LogP contribution in [0.25, 0.3) is 0 Å². The molecule has 4 heteroatoms. The lowest BCUT2D eigenvalue weighted by Crippen LogP contribution is -2.36. The number of likely N-dealkylation sites (tertiary alicyclic amines) is 1. The van der Waals surface area contributed by atoms with Crippen molar-refractivity contribution in [2.24, 2.45) is 5.92 Å². The Kier molecular flexibility index (Phi) is 5.68. The Morgan fingerprint density at radius 1 is 1.35 bits per heavy atom. The second-order valence-corrected chi connectivity index (χ2v) is 5.51. The lowest BCUT2D eigenvalue weighted by molar-refractivity contribution is 0.176. The lowest BCUT2D eigenvalue weighted by atomic mass is 9.96. The highest BCUT2D eigenvalue weighted by Gasteiger charge is 2.18. The molecule has 0 amide bonds. The van der Waals surface area contributed by atoms with Crippen LogP contribution in [0.15, 0.2) is 18.2 Å². The van der Waals surface area contributed by atoms with Crippen LogP contribution in [0.2, 0.25) is 0 Å². The molecule has 0 radical (unpaired) electrons. The number of nitrogens with zero attached hydrogens (tertiary/aromatic N) is 1. The number of piperidine rings is 1. The SMILES string of the molecule is CCOc1cc(CN2CCC(CNC)CC2)ccc1O. The van der Waals surface area contributed by atoms with Crippen LogP contribution in [-0.4, -0.2) is 43.3 Å². The van der Waals surface area contributed by atoms with E-state index in [1.807, 2.05) is 26.1 Å². The highest BCUT2D eigenvalue weighted by atomic mass is 16.5. The molecule has 20 heavy (non-hydrogen) atoms. The minimum absolute atomic E-state index is 0.225. The molecule has 1 saturated heterocycles. The fourth-order valence-corrected chi connectivity index (χ4v) is 2.82. The summed E-state index contributed by atoms with van der Waals surface area (Å²) in [4.78, 5) is 2.48. The van der Waals surface area contributed by atoms with E-state index >= 15 is 0 Å². The van der Waals surface area contributed by atoms with Crippen molar-refractivity contribution < 1.29 is 9.84 Å². The zero-order valence-electron chi connectivity index (χ0n) is 12.6. The van der Waals surface area contributed by atoms with Crippen LogP contribution in [0.3, 0.4) is 0 Å². The summed E-state index contributed by atoms with van der Waals surface area (Å²) in [5.74, 6) is 1.63. The maximum Gasteiger partial charge on any atom is 0.161 e. The highest BCUT2D eigenvalue weighted by molar-refractivity contribution is 5.41. The smallest absolute Gasteiger partial charge is 0.161 e. The average Bonchev–Trinajstić information content (AvgIpc) is 2.45. The average molecular weight is 278 g/mol. The van der Waals surface area contributed by atoms with Crippen molar-refractivity contribution in [2.75, 3.05) is 33.3 Å². The minimum Gasteiger partial charge on any atom is -0.504 e. The zero-order valence-corrected chi connectivity index (χ0v) is 12.6. The van der Waals surface area contributed by atoms with E-state index < -0.39 is 0 Å². The van der Waals surface area contributed by atoms with Gasteiger partial charge in [-0.15, -0.1) is 0 Å². The van der Waals surface area contributed by atoms with Crippen LogP contribution in [-0.2, 0) is 6.54 Å². The molecule has 112 valence electrons. The van der Waals surface area contributed by atoms with E-state index in [1.165, 1.54) is 18.4 Å². The molecule has 0 spiro atoms. The molecule has 1 aliphatic heterocycles. The second kappa shape index (κ2) is 7.50. The lowest BCUT2D eigenvalue weighted by Gasteiger charge is -2.32. The van der Waals surface area contributed by atoms with Crippen LogP contribution in [0, 0.1) is 5.92 Å². The maximum atomic E-state index is 9.72. The molecule has 2 N–H and O–H groups in total. The molecular weight excluding hydrogens is 252 g/mol. The van der Waals surface area contributed by atoms with Gasteiger partial charge in [-0.05, 0) is 70.1 Å². The fourth-order valence-electron chi connectivity index (χ4n) is 2.82. The van der Waals surface area contributed by atoms with Crippen LogP contribution in [0.4, 0.5) is 0 Å². The maximum absolute atomic E-state index is 9.72. The molecule has 0 aromatic heterocycles. The fraction of sp³-hybridized carbons (Fsp3) is 0.625. The first-order valence-electron chi connectivity index (χ1n) is 7.54. The van der Waals surface area contributed by atoms with Gasteiger partial charge >= 0.3 is 0 Å². The van der Waals surface area contributed by atoms with E-state index in [2.05, 4.69) is 10.2 Å². The standard InChI is InChI=1S/C16H26N2O2/c1-3-20-16-10-14(4-5-15(16)19)12-18-8-6-13(7-9-18)11-17-2/h4-5,10,13,17,19H,3,6-9,11-12H2,1-2H3. The number of rotatable bonds is 6. The Labute approximate surface area is 121 Å². The highest BCUT2D eigenvalue weighted by Crippen LogP contribution is 2.28. The number of nitrogens with one attached hydrogen (secondary N) is 1. The summed E-state index contributed by atoms with van der Waals surface area (Å²) in [6.45, 7) is 6.87. The Hall–Kier alpha value is -1.26. The Bertz CT molecular complexity index is 415. The summed E-state index contributed by atoms with van der Waals surface area (Å²) in [5.41, 5.74) is 1.21. The van der Waals surface area contributed by atoms with Crippen molar-refractivity contribution in [3.05, 3.63) is 23.8 Å². The van der Waals surface area contributed by atoms with E-state index in [0.29, 0.717) is 12.4 Å². The van der Waals surface area contributed by atoms with Crippen molar-refractivity contribution in [1.82, 2.24) is 10.2 Å². The summed E-state index contributed by atoms with van der Waals surface area (Å²) < 4.78 is 5.44. The van der Waals surface area contributed by atoms with Gasteiger partial charge in [-0.3, -0.25) is 4.90 Å². The van der Waals surface area contributed by atoms with Gasteiger partial charge in [0.15, 0.2) is 11.5 Å². The largest absolute Gasteiger partial charge is 0.504 e.